The summed E-state index contributed by atoms with van der Waals surface area (Å²) in [5, 5.41) is 11.3. The monoisotopic (exact) mass is 343 g/mol. The standard InChI is InChI=1S/C17H14ClN3O3/c1-2-20-16-9-12(18)5-8-14(16)19-15(10-17(20)22)11-3-6-13(7-4-11)21(23)24/h3-9H,2,10H2,1H3. The first kappa shape index (κ1) is 16.1. The van der Waals surface area contributed by atoms with E-state index in [1.165, 1.54) is 12.1 Å². The lowest BCUT2D eigenvalue weighted by molar-refractivity contribution is -0.384. The van der Waals surface area contributed by atoms with Gasteiger partial charge in [0.1, 0.15) is 0 Å². The number of fused-ring (bicyclic) bond motifs is 1. The Kier molecular flexibility index (Phi) is 4.31. The minimum atomic E-state index is -0.458. The molecule has 0 bridgehead atoms. The number of halogens is 1. The number of non-ortho nitro benzene ring substituents is 1. The fraction of sp³-hybridized carbons (Fsp3) is 0.176. The molecule has 0 N–H and O–H groups in total. The smallest absolute Gasteiger partial charge is 0.269 e. The molecule has 3 rings (SSSR count). The highest BCUT2D eigenvalue weighted by Crippen LogP contribution is 2.35. The van der Waals surface area contributed by atoms with Crippen LogP contribution in [0.5, 0.6) is 0 Å². The molecule has 24 heavy (non-hydrogen) atoms. The first-order valence-electron chi connectivity index (χ1n) is 7.42. The second-order valence-corrected chi connectivity index (χ2v) is 5.75. The predicted octanol–water partition coefficient (Wildman–Crippen LogP) is 4.13. The molecule has 122 valence electrons. The molecule has 7 heteroatoms. The second kappa shape index (κ2) is 6.41. The molecule has 0 fully saturated rings. The Morgan fingerprint density at radius 1 is 1.25 bits per heavy atom. The average molecular weight is 344 g/mol. The third kappa shape index (κ3) is 3.00. The molecule has 0 atom stereocenters. The highest BCUT2D eigenvalue weighted by Gasteiger charge is 2.24. The van der Waals surface area contributed by atoms with Crippen LogP contribution in [0.1, 0.15) is 18.9 Å². The fourth-order valence-electron chi connectivity index (χ4n) is 2.65. The molecular weight excluding hydrogens is 330 g/mol. The lowest BCUT2D eigenvalue weighted by atomic mass is 10.1. The Hall–Kier alpha value is -2.73. The van der Waals surface area contributed by atoms with E-state index >= 15 is 0 Å². The summed E-state index contributed by atoms with van der Waals surface area (Å²) in [7, 11) is 0. The van der Waals surface area contributed by atoms with Crippen LogP contribution >= 0.6 is 11.6 Å². The SMILES string of the molecule is CCN1C(=O)CC(c2ccc([N+](=O)[O-])cc2)=Nc2ccc(Cl)cc21. The van der Waals surface area contributed by atoms with E-state index in [0.29, 0.717) is 34.2 Å². The minimum Gasteiger partial charge on any atom is -0.310 e. The molecule has 0 radical (unpaired) electrons. The van der Waals surface area contributed by atoms with Gasteiger partial charge in [-0.2, -0.15) is 0 Å². The number of nitro benzene ring substituents is 1. The third-order valence-corrected chi connectivity index (χ3v) is 4.07. The highest BCUT2D eigenvalue weighted by atomic mass is 35.5. The predicted molar refractivity (Wildman–Crippen MR) is 93.4 cm³/mol. The highest BCUT2D eigenvalue weighted by molar-refractivity contribution is 6.31. The number of anilines is 1. The molecule has 2 aromatic carbocycles. The van der Waals surface area contributed by atoms with Crippen molar-refractivity contribution in [2.75, 3.05) is 11.4 Å². The number of nitro groups is 1. The average Bonchev–Trinajstić information content (AvgIpc) is 2.70. The Labute approximate surface area is 143 Å². The summed E-state index contributed by atoms with van der Waals surface area (Å²) in [5.74, 6) is -0.0874. The molecule has 2 aromatic rings. The summed E-state index contributed by atoms with van der Waals surface area (Å²) >= 11 is 6.05. The van der Waals surface area contributed by atoms with Crippen molar-refractivity contribution < 1.29 is 9.72 Å². The third-order valence-electron chi connectivity index (χ3n) is 3.83. The van der Waals surface area contributed by atoms with Gasteiger partial charge in [0.15, 0.2) is 0 Å². The van der Waals surface area contributed by atoms with Gasteiger partial charge in [-0.15, -0.1) is 0 Å². The van der Waals surface area contributed by atoms with Crippen LogP contribution in [0.25, 0.3) is 0 Å². The Bertz CT molecular complexity index is 847. The van der Waals surface area contributed by atoms with Gasteiger partial charge < -0.3 is 4.90 Å². The van der Waals surface area contributed by atoms with Gasteiger partial charge >= 0.3 is 0 Å². The molecule has 0 aliphatic carbocycles. The van der Waals surface area contributed by atoms with Gasteiger partial charge in [-0.25, -0.2) is 0 Å². The summed E-state index contributed by atoms with van der Waals surface area (Å²) in [5.41, 5.74) is 2.59. The number of nitrogens with zero attached hydrogens (tertiary/aromatic N) is 3. The summed E-state index contributed by atoms with van der Waals surface area (Å²) in [6.07, 6.45) is 0.123. The first-order chi connectivity index (χ1) is 11.5. The topological polar surface area (TPSA) is 75.8 Å². The van der Waals surface area contributed by atoms with Crippen molar-refractivity contribution in [3.8, 4) is 0 Å². The van der Waals surface area contributed by atoms with Crippen molar-refractivity contribution >= 4 is 40.3 Å². The molecule has 0 aromatic heterocycles. The zero-order valence-corrected chi connectivity index (χ0v) is 13.7. The molecule has 0 spiro atoms. The van der Waals surface area contributed by atoms with Crippen molar-refractivity contribution in [3.63, 3.8) is 0 Å². The number of hydrogen-bond acceptors (Lipinski definition) is 4. The maximum absolute atomic E-state index is 12.6. The number of benzene rings is 2. The summed E-state index contributed by atoms with van der Waals surface area (Å²) in [6.45, 7) is 2.40. The summed E-state index contributed by atoms with van der Waals surface area (Å²) < 4.78 is 0. The number of carbonyl (C=O) groups is 1. The van der Waals surface area contributed by atoms with Gasteiger partial charge in [-0.3, -0.25) is 19.9 Å². The number of hydrogen-bond donors (Lipinski definition) is 0. The van der Waals surface area contributed by atoms with E-state index in [4.69, 9.17) is 11.6 Å². The van der Waals surface area contributed by atoms with E-state index in [2.05, 4.69) is 4.99 Å². The van der Waals surface area contributed by atoms with Crippen LogP contribution in [-0.2, 0) is 4.79 Å². The molecule has 1 aliphatic rings. The molecule has 0 unspecified atom stereocenters. The molecule has 1 aliphatic heterocycles. The first-order valence-corrected chi connectivity index (χ1v) is 7.79. The molecule has 1 heterocycles. The van der Waals surface area contributed by atoms with E-state index in [0.717, 1.165) is 0 Å². The largest absolute Gasteiger partial charge is 0.310 e. The number of amides is 1. The van der Waals surface area contributed by atoms with Gasteiger partial charge in [0, 0.05) is 23.7 Å². The van der Waals surface area contributed by atoms with Crippen LogP contribution in [0.15, 0.2) is 47.5 Å². The van der Waals surface area contributed by atoms with Crippen molar-refractivity contribution in [1.29, 1.82) is 0 Å². The van der Waals surface area contributed by atoms with E-state index < -0.39 is 4.92 Å². The van der Waals surface area contributed by atoms with Crippen LogP contribution < -0.4 is 4.90 Å². The summed E-state index contributed by atoms with van der Waals surface area (Å²) in [6, 6.07) is 11.3. The van der Waals surface area contributed by atoms with E-state index in [1.54, 1.807) is 35.2 Å². The van der Waals surface area contributed by atoms with Gasteiger partial charge in [-0.1, -0.05) is 11.6 Å². The van der Waals surface area contributed by atoms with Crippen molar-refractivity contribution in [2.45, 2.75) is 13.3 Å². The van der Waals surface area contributed by atoms with Crippen LogP contribution in [0.3, 0.4) is 0 Å². The van der Waals surface area contributed by atoms with E-state index in [-0.39, 0.29) is 18.0 Å². The van der Waals surface area contributed by atoms with Gasteiger partial charge in [0.05, 0.1) is 28.4 Å². The van der Waals surface area contributed by atoms with Gasteiger partial charge in [0.25, 0.3) is 5.69 Å². The lowest BCUT2D eigenvalue weighted by Crippen LogP contribution is -2.31. The zero-order chi connectivity index (χ0) is 17.3. The maximum Gasteiger partial charge on any atom is 0.269 e. The molecule has 1 amide bonds. The Morgan fingerprint density at radius 3 is 2.58 bits per heavy atom. The quantitative estimate of drug-likeness (QED) is 0.621. The van der Waals surface area contributed by atoms with Gasteiger partial charge in [-0.05, 0) is 42.8 Å². The molecule has 0 saturated carbocycles. The Balaban J connectivity index is 2.07. The minimum absolute atomic E-state index is 0.00154. The number of aliphatic imine (C=N–C) groups is 1. The Morgan fingerprint density at radius 2 is 1.96 bits per heavy atom. The van der Waals surface area contributed by atoms with E-state index in [1.807, 2.05) is 6.92 Å². The van der Waals surface area contributed by atoms with E-state index in [9.17, 15) is 14.9 Å². The van der Waals surface area contributed by atoms with Crippen molar-refractivity contribution in [3.05, 3.63) is 63.2 Å². The zero-order valence-electron chi connectivity index (χ0n) is 12.9. The molecule has 0 saturated heterocycles. The second-order valence-electron chi connectivity index (χ2n) is 5.31. The number of rotatable bonds is 3. The number of carbonyl (C=O) groups excluding carboxylic acids is 1. The summed E-state index contributed by atoms with van der Waals surface area (Å²) in [4.78, 5) is 29.1. The fourth-order valence-corrected chi connectivity index (χ4v) is 2.82. The van der Waals surface area contributed by atoms with Gasteiger partial charge in [0.2, 0.25) is 5.91 Å². The van der Waals surface area contributed by atoms with Crippen LogP contribution in [-0.4, -0.2) is 23.1 Å². The van der Waals surface area contributed by atoms with Crippen LogP contribution in [0.4, 0.5) is 17.1 Å². The molecular formula is C17H14ClN3O3. The normalized spacial score (nSPS) is 14.0. The maximum atomic E-state index is 12.6. The lowest BCUT2D eigenvalue weighted by Gasteiger charge is -2.20. The van der Waals surface area contributed by atoms with Crippen molar-refractivity contribution in [1.82, 2.24) is 0 Å². The van der Waals surface area contributed by atoms with Crippen molar-refractivity contribution in [2.24, 2.45) is 4.99 Å². The van der Waals surface area contributed by atoms with Crippen LogP contribution in [0, 0.1) is 10.1 Å². The molecule has 6 nitrogen and oxygen atoms in total. The van der Waals surface area contributed by atoms with Crippen LogP contribution in [0.2, 0.25) is 5.02 Å².